The molecule has 0 aliphatic rings. The second kappa shape index (κ2) is 6.20. The van der Waals surface area contributed by atoms with Crippen LogP contribution in [0.5, 0.6) is 0 Å². The Balaban J connectivity index is 2.23. The largest absolute Gasteiger partial charge is 0.397 e. The van der Waals surface area contributed by atoms with Crippen LogP contribution in [0.3, 0.4) is 0 Å². The first-order chi connectivity index (χ1) is 10.7. The molecule has 0 atom stereocenters. The zero-order valence-corrected chi connectivity index (χ0v) is 12.6. The maximum absolute atomic E-state index is 13.9. The molecule has 0 fully saturated rings. The molecule has 3 aromatic carbocycles. The van der Waals surface area contributed by atoms with Crippen LogP contribution in [-0.4, -0.2) is 0 Å². The maximum Gasteiger partial charge on any atom is 0.125 e. The van der Waals surface area contributed by atoms with E-state index in [-0.39, 0.29) is 16.8 Å². The molecule has 3 heteroatoms. The predicted octanol–water partition coefficient (Wildman–Crippen LogP) is 5.24. The average molecular weight is 312 g/mol. The molecule has 0 spiro atoms. The first-order valence-electron chi connectivity index (χ1n) is 7.01. The number of nitrogen functional groups attached to an aromatic ring is 1. The van der Waals surface area contributed by atoms with Crippen LogP contribution in [0, 0.1) is 5.82 Å². The van der Waals surface area contributed by atoms with Crippen LogP contribution in [0.2, 0.25) is 5.02 Å². The lowest BCUT2D eigenvalue weighted by molar-refractivity contribution is 0.625. The van der Waals surface area contributed by atoms with E-state index in [1.54, 1.807) is 0 Å². The van der Waals surface area contributed by atoms with E-state index in [1.165, 1.54) is 12.1 Å². The van der Waals surface area contributed by atoms with Crippen LogP contribution in [0.1, 0.15) is 22.6 Å². The van der Waals surface area contributed by atoms with Gasteiger partial charge in [0.15, 0.2) is 0 Å². The molecule has 3 aromatic rings. The van der Waals surface area contributed by atoms with Crippen LogP contribution >= 0.6 is 11.6 Å². The van der Waals surface area contributed by atoms with Gasteiger partial charge >= 0.3 is 0 Å². The summed E-state index contributed by atoms with van der Waals surface area (Å²) >= 11 is 6.07. The number of rotatable bonds is 3. The van der Waals surface area contributed by atoms with Gasteiger partial charge in [-0.1, -0.05) is 72.3 Å². The van der Waals surface area contributed by atoms with Crippen LogP contribution in [-0.2, 0) is 0 Å². The minimum atomic E-state index is -0.383. The standard InChI is InChI=1S/C19H15ClFN/c20-17-12-15(21)11-16(19(17)22)18(13-7-3-1-4-8-13)14-9-5-2-6-10-14/h1-12,18H,22H2. The molecule has 0 heterocycles. The van der Waals surface area contributed by atoms with Gasteiger partial charge in [-0.3, -0.25) is 0 Å². The molecule has 0 aliphatic heterocycles. The van der Waals surface area contributed by atoms with Crippen molar-refractivity contribution >= 4 is 17.3 Å². The molecule has 22 heavy (non-hydrogen) atoms. The summed E-state index contributed by atoms with van der Waals surface area (Å²) in [5, 5.41) is 0.242. The van der Waals surface area contributed by atoms with E-state index >= 15 is 0 Å². The number of anilines is 1. The number of hydrogen-bond acceptors (Lipinski definition) is 1. The lowest BCUT2D eigenvalue weighted by Gasteiger charge is -2.21. The van der Waals surface area contributed by atoms with Crippen LogP contribution in [0.15, 0.2) is 72.8 Å². The lowest BCUT2D eigenvalue weighted by Crippen LogP contribution is -2.07. The SMILES string of the molecule is Nc1c(Cl)cc(F)cc1C(c1ccccc1)c1ccccc1. The highest BCUT2D eigenvalue weighted by molar-refractivity contribution is 6.33. The molecule has 0 aromatic heterocycles. The molecular weight excluding hydrogens is 297 g/mol. The van der Waals surface area contributed by atoms with Crippen molar-refractivity contribution in [3.8, 4) is 0 Å². The van der Waals surface area contributed by atoms with Gasteiger partial charge in [0.25, 0.3) is 0 Å². The van der Waals surface area contributed by atoms with Gasteiger partial charge < -0.3 is 5.73 Å². The molecule has 1 nitrogen and oxygen atoms in total. The Labute approximate surface area is 134 Å². The van der Waals surface area contributed by atoms with Gasteiger partial charge in [0.1, 0.15) is 5.82 Å². The van der Waals surface area contributed by atoms with Crippen LogP contribution in [0.25, 0.3) is 0 Å². The van der Waals surface area contributed by atoms with Gasteiger partial charge in [0, 0.05) is 5.92 Å². The fourth-order valence-corrected chi connectivity index (χ4v) is 2.90. The van der Waals surface area contributed by atoms with E-state index < -0.39 is 0 Å². The van der Waals surface area contributed by atoms with Gasteiger partial charge in [-0.05, 0) is 28.8 Å². The quantitative estimate of drug-likeness (QED) is 0.519. The van der Waals surface area contributed by atoms with Gasteiger partial charge in [-0.2, -0.15) is 0 Å². The van der Waals surface area contributed by atoms with Crippen molar-refractivity contribution in [3.05, 3.63) is 100 Å². The first kappa shape index (κ1) is 14.6. The van der Waals surface area contributed by atoms with E-state index in [2.05, 4.69) is 0 Å². The molecule has 110 valence electrons. The Bertz CT molecular complexity index is 733. The molecule has 0 unspecified atom stereocenters. The van der Waals surface area contributed by atoms with E-state index in [1.807, 2.05) is 60.7 Å². The van der Waals surface area contributed by atoms with E-state index in [0.29, 0.717) is 11.3 Å². The fraction of sp³-hybridized carbons (Fsp3) is 0.0526. The normalized spacial score (nSPS) is 10.9. The van der Waals surface area contributed by atoms with Gasteiger partial charge in [-0.25, -0.2) is 4.39 Å². The van der Waals surface area contributed by atoms with Crippen molar-refractivity contribution in [2.45, 2.75) is 5.92 Å². The molecule has 0 bridgehead atoms. The summed E-state index contributed by atoms with van der Waals surface area (Å²) < 4.78 is 13.9. The highest BCUT2D eigenvalue weighted by atomic mass is 35.5. The van der Waals surface area contributed by atoms with Crippen molar-refractivity contribution in [2.24, 2.45) is 0 Å². The summed E-state index contributed by atoms with van der Waals surface area (Å²) in [4.78, 5) is 0. The second-order valence-electron chi connectivity index (χ2n) is 5.14. The Morgan fingerprint density at radius 3 is 1.82 bits per heavy atom. The van der Waals surface area contributed by atoms with Gasteiger partial charge in [0.05, 0.1) is 10.7 Å². The average Bonchev–Trinajstić information content (AvgIpc) is 2.54. The molecule has 0 saturated heterocycles. The maximum atomic E-state index is 13.9. The molecule has 0 aliphatic carbocycles. The van der Waals surface area contributed by atoms with E-state index in [0.717, 1.165) is 11.1 Å². The third-order valence-corrected chi connectivity index (χ3v) is 4.02. The van der Waals surface area contributed by atoms with Crippen molar-refractivity contribution in [1.29, 1.82) is 0 Å². The van der Waals surface area contributed by atoms with E-state index in [4.69, 9.17) is 17.3 Å². The Morgan fingerprint density at radius 2 is 1.32 bits per heavy atom. The highest BCUT2D eigenvalue weighted by Crippen LogP contribution is 2.38. The number of benzene rings is 3. The molecule has 0 amide bonds. The summed E-state index contributed by atoms with van der Waals surface area (Å²) in [5.74, 6) is -0.540. The number of nitrogens with two attached hydrogens (primary N) is 1. The second-order valence-corrected chi connectivity index (χ2v) is 5.55. The molecule has 0 saturated carbocycles. The monoisotopic (exact) mass is 311 g/mol. The van der Waals surface area contributed by atoms with Gasteiger partial charge in [-0.15, -0.1) is 0 Å². The zero-order valence-electron chi connectivity index (χ0n) is 11.8. The lowest BCUT2D eigenvalue weighted by atomic mass is 9.84. The van der Waals surface area contributed by atoms with Crippen molar-refractivity contribution in [3.63, 3.8) is 0 Å². The smallest absolute Gasteiger partial charge is 0.125 e. The Hall–Kier alpha value is -2.32. The number of hydrogen-bond donors (Lipinski definition) is 1. The third-order valence-electron chi connectivity index (χ3n) is 3.70. The minimum Gasteiger partial charge on any atom is -0.397 e. The molecular formula is C19H15ClFN. The van der Waals surface area contributed by atoms with Crippen molar-refractivity contribution in [2.75, 3.05) is 5.73 Å². The Kier molecular flexibility index (Phi) is 4.12. The van der Waals surface area contributed by atoms with Gasteiger partial charge in [0.2, 0.25) is 0 Å². The molecule has 2 N–H and O–H groups in total. The minimum absolute atomic E-state index is 0.157. The number of halogens is 2. The summed E-state index contributed by atoms with van der Waals surface area (Å²) in [6.07, 6.45) is 0. The zero-order chi connectivity index (χ0) is 15.5. The topological polar surface area (TPSA) is 26.0 Å². The van der Waals surface area contributed by atoms with Crippen molar-refractivity contribution < 1.29 is 4.39 Å². The molecule has 0 radical (unpaired) electrons. The van der Waals surface area contributed by atoms with Crippen LogP contribution < -0.4 is 5.73 Å². The molecule has 3 rings (SSSR count). The van der Waals surface area contributed by atoms with E-state index in [9.17, 15) is 4.39 Å². The summed E-state index contributed by atoms with van der Waals surface area (Å²) in [6.45, 7) is 0. The third kappa shape index (κ3) is 2.83. The highest BCUT2D eigenvalue weighted by Gasteiger charge is 2.21. The fourth-order valence-electron chi connectivity index (χ4n) is 2.69. The first-order valence-corrected chi connectivity index (χ1v) is 7.39. The summed E-state index contributed by atoms with van der Waals surface area (Å²) in [5.41, 5.74) is 9.32. The Morgan fingerprint density at radius 1 is 0.818 bits per heavy atom. The van der Waals surface area contributed by atoms with Crippen molar-refractivity contribution in [1.82, 2.24) is 0 Å². The summed E-state index contributed by atoms with van der Waals surface area (Å²) in [7, 11) is 0. The predicted molar refractivity (Wildman–Crippen MR) is 89.7 cm³/mol. The summed E-state index contributed by atoms with van der Waals surface area (Å²) in [6, 6.07) is 22.5. The van der Waals surface area contributed by atoms with Crippen LogP contribution in [0.4, 0.5) is 10.1 Å².